The minimum Gasteiger partial charge on any atom is -0.248 e. The average molecular weight is 418 g/mol. The summed E-state index contributed by atoms with van der Waals surface area (Å²) in [6.45, 7) is 0. The number of nitrogens with zero attached hydrogens (tertiary/aromatic N) is 1. The van der Waals surface area contributed by atoms with Crippen molar-refractivity contribution >= 4 is 34.8 Å². The molecule has 0 aliphatic carbocycles. The fourth-order valence-corrected chi connectivity index (χ4v) is 3.31. The summed E-state index contributed by atoms with van der Waals surface area (Å²) >= 11 is 7.29. The van der Waals surface area contributed by atoms with Crippen LogP contribution in [0, 0.1) is 0 Å². The Labute approximate surface area is 170 Å². The normalized spacial score (nSPS) is 12.5. The van der Waals surface area contributed by atoms with E-state index in [4.69, 9.17) is 11.6 Å². The summed E-state index contributed by atoms with van der Waals surface area (Å²) in [5, 5.41) is 2.30. The van der Waals surface area contributed by atoms with Gasteiger partial charge < -0.3 is 0 Å². The smallest absolute Gasteiger partial charge is 0.248 e. The molecule has 0 saturated carbocycles. The lowest BCUT2D eigenvalue weighted by Crippen LogP contribution is -2.04. The number of hydrogen-bond acceptors (Lipinski definition) is 2. The molecule has 0 unspecified atom stereocenters. The quantitative estimate of drug-likeness (QED) is 0.305. The van der Waals surface area contributed by atoms with E-state index in [0.29, 0.717) is 15.6 Å². The molecule has 0 amide bonds. The number of para-hydroxylation sites is 1. The van der Waals surface area contributed by atoms with E-state index < -0.39 is 11.7 Å². The van der Waals surface area contributed by atoms with Crippen molar-refractivity contribution in [2.24, 2.45) is 4.99 Å². The first-order valence-corrected chi connectivity index (χ1v) is 9.58. The molecule has 0 N–H and O–H groups in total. The molecule has 0 fully saturated rings. The predicted octanol–water partition coefficient (Wildman–Crippen LogP) is 7.79. The minimum atomic E-state index is -4.36. The Balaban J connectivity index is 1.87. The Kier molecular flexibility index (Phi) is 6.60. The highest BCUT2D eigenvalue weighted by Crippen LogP contribution is 2.32. The van der Waals surface area contributed by atoms with Crippen LogP contribution in [0.5, 0.6) is 0 Å². The Morgan fingerprint density at radius 3 is 2.36 bits per heavy atom. The minimum absolute atomic E-state index is 0.497. The molecular formula is C22H15ClF3NS. The van der Waals surface area contributed by atoms with Crippen molar-refractivity contribution in [2.75, 3.05) is 0 Å². The van der Waals surface area contributed by atoms with Gasteiger partial charge in [0.2, 0.25) is 0 Å². The van der Waals surface area contributed by atoms with Gasteiger partial charge in [0.1, 0.15) is 0 Å². The molecule has 3 rings (SSSR count). The second-order valence-corrected chi connectivity index (χ2v) is 7.20. The van der Waals surface area contributed by atoms with Crippen molar-refractivity contribution in [2.45, 2.75) is 11.1 Å². The number of thioether (sulfide) groups is 1. The largest absolute Gasteiger partial charge is 0.416 e. The fraction of sp³-hybridized carbons (Fsp3) is 0.0455. The standard InChI is InChI=1S/C22H15ClF3NS/c23-18-8-4-6-16(14-18)21(27-19-9-2-1-3-10-19)12-13-28-20-11-5-7-17(15-20)22(24,25)26/h1-15H. The molecule has 0 aliphatic rings. The van der Waals surface area contributed by atoms with Crippen molar-refractivity contribution in [1.82, 2.24) is 0 Å². The van der Waals surface area contributed by atoms with Crippen LogP contribution in [0.3, 0.4) is 0 Å². The van der Waals surface area contributed by atoms with Gasteiger partial charge in [0, 0.05) is 15.5 Å². The lowest BCUT2D eigenvalue weighted by Gasteiger charge is -2.07. The van der Waals surface area contributed by atoms with Gasteiger partial charge in [0.05, 0.1) is 17.0 Å². The molecule has 0 aromatic heterocycles. The number of hydrogen-bond donors (Lipinski definition) is 0. The van der Waals surface area contributed by atoms with E-state index in [9.17, 15) is 13.2 Å². The van der Waals surface area contributed by atoms with Gasteiger partial charge in [0.15, 0.2) is 0 Å². The number of halogens is 4. The molecule has 0 radical (unpaired) electrons. The maximum atomic E-state index is 12.9. The summed E-state index contributed by atoms with van der Waals surface area (Å²) in [4.78, 5) is 5.13. The van der Waals surface area contributed by atoms with Crippen LogP contribution in [-0.2, 0) is 6.18 Å². The molecule has 0 saturated heterocycles. The molecule has 28 heavy (non-hydrogen) atoms. The van der Waals surface area contributed by atoms with Gasteiger partial charge in [-0.2, -0.15) is 13.2 Å². The summed E-state index contributed by atoms with van der Waals surface area (Å²) in [6, 6.07) is 21.9. The predicted molar refractivity (Wildman–Crippen MR) is 111 cm³/mol. The van der Waals surface area contributed by atoms with Crippen molar-refractivity contribution in [1.29, 1.82) is 0 Å². The van der Waals surface area contributed by atoms with Crippen LogP contribution in [0.25, 0.3) is 0 Å². The second-order valence-electron chi connectivity index (χ2n) is 5.79. The third-order valence-electron chi connectivity index (χ3n) is 3.72. The number of benzene rings is 3. The summed E-state index contributed by atoms with van der Waals surface area (Å²) in [5.41, 5.74) is 1.58. The van der Waals surface area contributed by atoms with Gasteiger partial charge in [-0.1, -0.05) is 59.8 Å². The lowest BCUT2D eigenvalue weighted by molar-refractivity contribution is -0.137. The maximum absolute atomic E-state index is 12.9. The molecule has 0 bridgehead atoms. The van der Waals surface area contributed by atoms with Gasteiger partial charge in [0.25, 0.3) is 0 Å². The van der Waals surface area contributed by atoms with E-state index in [1.165, 1.54) is 17.8 Å². The molecule has 0 atom stereocenters. The van der Waals surface area contributed by atoms with E-state index >= 15 is 0 Å². The van der Waals surface area contributed by atoms with E-state index in [1.54, 1.807) is 29.7 Å². The van der Waals surface area contributed by atoms with Crippen molar-refractivity contribution in [3.05, 3.63) is 106 Å². The molecule has 3 aromatic rings. The first-order valence-electron chi connectivity index (χ1n) is 8.32. The summed E-state index contributed by atoms with van der Waals surface area (Å²) in [6.07, 6.45) is -2.59. The van der Waals surface area contributed by atoms with Crippen molar-refractivity contribution < 1.29 is 13.2 Å². The van der Waals surface area contributed by atoms with Crippen LogP contribution >= 0.6 is 23.4 Å². The third kappa shape index (κ3) is 5.75. The van der Waals surface area contributed by atoms with Crippen LogP contribution in [0.15, 0.2) is 100 Å². The monoisotopic (exact) mass is 417 g/mol. The first-order chi connectivity index (χ1) is 13.4. The Morgan fingerprint density at radius 2 is 1.64 bits per heavy atom. The molecular weight excluding hydrogens is 403 g/mol. The highest BCUT2D eigenvalue weighted by atomic mass is 35.5. The summed E-state index contributed by atoms with van der Waals surface area (Å²) in [5.74, 6) is 0. The van der Waals surface area contributed by atoms with Crippen LogP contribution in [0.2, 0.25) is 5.02 Å². The van der Waals surface area contributed by atoms with Crippen molar-refractivity contribution in [3.8, 4) is 0 Å². The van der Waals surface area contributed by atoms with Crippen molar-refractivity contribution in [3.63, 3.8) is 0 Å². The van der Waals surface area contributed by atoms with E-state index in [2.05, 4.69) is 4.99 Å². The average Bonchev–Trinajstić information content (AvgIpc) is 2.68. The molecule has 0 aliphatic heterocycles. The Bertz CT molecular complexity index is 998. The summed E-state index contributed by atoms with van der Waals surface area (Å²) in [7, 11) is 0. The molecule has 142 valence electrons. The van der Waals surface area contributed by atoms with Crippen LogP contribution in [-0.4, -0.2) is 5.71 Å². The van der Waals surface area contributed by atoms with Gasteiger partial charge in [-0.3, -0.25) is 0 Å². The Hall–Kier alpha value is -2.50. The summed E-state index contributed by atoms with van der Waals surface area (Å²) < 4.78 is 38.6. The molecule has 3 aromatic carbocycles. The highest BCUT2D eigenvalue weighted by molar-refractivity contribution is 8.02. The zero-order valence-corrected chi connectivity index (χ0v) is 16.1. The van der Waals surface area contributed by atoms with Gasteiger partial charge in [-0.15, -0.1) is 0 Å². The van der Waals surface area contributed by atoms with E-state index in [1.807, 2.05) is 42.5 Å². The van der Waals surface area contributed by atoms with Crippen LogP contribution in [0.4, 0.5) is 18.9 Å². The number of aliphatic imine (C=N–C) groups is 1. The molecule has 1 nitrogen and oxygen atoms in total. The lowest BCUT2D eigenvalue weighted by atomic mass is 10.1. The molecule has 0 heterocycles. The van der Waals surface area contributed by atoms with Gasteiger partial charge >= 0.3 is 6.18 Å². The number of alkyl halides is 3. The van der Waals surface area contributed by atoms with E-state index in [0.717, 1.165) is 23.4 Å². The zero-order chi connectivity index (χ0) is 20.0. The van der Waals surface area contributed by atoms with Crippen LogP contribution < -0.4 is 0 Å². The van der Waals surface area contributed by atoms with E-state index in [-0.39, 0.29) is 0 Å². The maximum Gasteiger partial charge on any atom is 0.416 e. The zero-order valence-electron chi connectivity index (χ0n) is 14.5. The molecule has 6 heteroatoms. The fourth-order valence-electron chi connectivity index (χ4n) is 2.41. The highest BCUT2D eigenvalue weighted by Gasteiger charge is 2.30. The first kappa shape index (κ1) is 20.2. The second kappa shape index (κ2) is 9.13. The topological polar surface area (TPSA) is 12.4 Å². The Morgan fingerprint density at radius 1 is 0.893 bits per heavy atom. The third-order valence-corrected chi connectivity index (χ3v) is 4.75. The van der Waals surface area contributed by atoms with Gasteiger partial charge in [-0.05, 0) is 53.9 Å². The number of allylic oxidation sites excluding steroid dienone is 1. The molecule has 0 spiro atoms. The van der Waals surface area contributed by atoms with Gasteiger partial charge in [-0.25, -0.2) is 4.99 Å². The van der Waals surface area contributed by atoms with Crippen LogP contribution in [0.1, 0.15) is 11.1 Å². The SMILES string of the molecule is FC(F)(F)c1cccc(SC=CC(=Nc2ccccc2)c2cccc(Cl)c2)c1. The number of rotatable bonds is 5.